The molecule has 1 aromatic carbocycles. The molecule has 0 radical (unpaired) electrons. The number of halogens is 1. The molecule has 1 heterocycles. The average molecular weight is 283 g/mol. The summed E-state index contributed by atoms with van der Waals surface area (Å²) >= 11 is 1.22. The summed E-state index contributed by atoms with van der Waals surface area (Å²) in [7, 11) is 1.50. The molecule has 2 N–H and O–H groups in total. The number of aliphatic hydroxyl groups excluding tert-OH is 1. The fourth-order valence-electron chi connectivity index (χ4n) is 1.88. The first-order chi connectivity index (χ1) is 9.19. The molecule has 0 unspecified atom stereocenters. The highest BCUT2D eigenvalue weighted by atomic mass is 32.1. The Hall–Kier alpha value is -1.50. The molecule has 2 aromatic rings. The number of hydrogen-bond acceptors (Lipinski definition) is 4. The summed E-state index contributed by atoms with van der Waals surface area (Å²) in [6, 6.07) is 4.74. The molecule has 19 heavy (non-hydrogen) atoms. The van der Waals surface area contributed by atoms with Crippen LogP contribution in [0.15, 0.2) is 18.2 Å². The van der Waals surface area contributed by atoms with Gasteiger partial charge in [-0.1, -0.05) is 6.07 Å². The third kappa shape index (κ3) is 2.75. The fraction of sp³-hybridized carbons (Fsp3) is 0.308. The van der Waals surface area contributed by atoms with Crippen molar-refractivity contribution in [3.63, 3.8) is 0 Å². The zero-order valence-electron chi connectivity index (χ0n) is 10.4. The molecule has 0 aliphatic carbocycles. The Kier molecular flexibility index (Phi) is 4.47. The van der Waals surface area contributed by atoms with Gasteiger partial charge in [0.2, 0.25) is 0 Å². The van der Waals surface area contributed by atoms with Crippen LogP contribution in [0, 0.1) is 5.82 Å². The van der Waals surface area contributed by atoms with Gasteiger partial charge in [0.1, 0.15) is 5.82 Å². The number of fused-ring (bicyclic) bond motifs is 1. The Bertz CT molecular complexity index is 597. The van der Waals surface area contributed by atoms with Gasteiger partial charge in [0.15, 0.2) is 0 Å². The summed E-state index contributed by atoms with van der Waals surface area (Å²) in [6.45, 7) is 0.204. The molecular weight excluding hydrogens is 269 g/mol. The highest BCUT2D eigenvalue weighted by Gasteiger charge is 2.20. The number of carbonyl (C=O) groups excluding carboxylic acids is 1. The van der Waals surface area contributed by atoms with E-state index in [9.17, 15) is 9.18 Å². The maximum absolute atomic E-state index is 13.9. The largest absolute Gasteiger partial charge is 0.395 e. The quantitative estimate of drug-likeness (QED) is 0.881. The van der Waals surface area contributed by atoms with Gasteiger partial charge in [-0.15, -0.1) is 11.3 Å². The minimum atomic E-state index is -0.359. The Morgan fingerprint density at radius 2 is 2.32 bits per heavy atom. The molecule has 0 bridgehead atoms. The number of amides is 1. The Labute approximate surface area is 113 Å². The molecule has 0 aliphatic heterocycles. The second kappa shape index (κ2) is 6.10. The second-order valence-electron chi connectivity index (χ2n) is 3.94. The number of ether oxygens (including phenoxy) is 1. The van der Waals surface area contributed by atoms with E-state index in [2.05, 4.69) is 5.32 Å². The van der Waals surface area contributed by atoms with Crippen molar-refractivity contribution in [2.45, 2.75) is 6.61 Å². The van der Waals surface area contributed by atoms with E-state index in [1.54, 1.807) is 12.1 Å². The number of benzene rings is 1. The molecule has 6 heteroatoms. The molecule has 1 amide bonds. The number of hydrogen-bond donors (Lipinski definition) is 2. The van der Waals surface area contributed by atoms with Gasteiger partial charge >= 0.3 is 0 Å². The molecule has 1 aromatic heterocycles. The Balaban J connectivity index is 2.50. The van der Waals surface area contributed by atoms with Gasteiger partial charge in [0.05, 0.1) is 18.1 Å². The number of aliphatic hydroxyl groups is 1. The molecule has 0 aliphatic rings. The first-order valence-electron chi connectivity index (χ1n) is 5.77. The van der Waals surface area contributed by atoms with Crippen LogP contribution in [0.4, 0.5) is 4.39 Å². The zero-order valence-corrected chi connectivity index (χ0v) is 11.2. The van der Waals surface area contributed by atoms with E-state index >= 15 is 0 Å². The first kappa shape index (κ1) is 13.9. The van der Waals surface area contributed by atoms with Crippen molar-refractivity contribution >= 4 is 27.3 Å². The summed E-state index contributed by atoms with van der Waals surface area (Å²) in [5.41, 5.74) is 0.552. The normalized spacial score (nSPS) is 10.9. The minimum absolute atomic E-state index is 0.134. The van der Waals surface area contributed by atoms with Crippen LogP contribution in [0.1, 0.15) is 15.2 Å². The van der Waals surface area contributed by atoms with E-state index in [0.29, 0.717) is 20.5 Å². The topological polar surface area (TPSA) is 58.6 Å². The highest BCUT2D eigenvalue weighted by Crippen LogP contribution is 2.33. The Morgan fingerprint density at radius 1 is 1.53 bits per heavy atom. The predicted octanol–water partition coefficient (Wildman–Crippen LogP) is 1.91. The number of methoxy groups -OCH3 is 1. The van der Waals surface area contributed by atoms with Crippen LogP contribution >= 0.6 is 11.3 Å². The molecule has 0 spiro atoms. The van der Waals surface area contributed by atoms with Crippen LogP contribution < -0.4 is 5.32 Å². The van der Waals surface area contributed by atoms with E-state index in [4.69, 9.17) is 9.84 Å². The smallest absolute Gasteiger partial charge is 0.261 e. The maximum atomic E-state index is 13.9. The molecule has 4 nitrogen and oxygen atoms in total. The lowest BCUT2D eigenvalue weighted by atomic mass is 10.1. The lowest BCUT2D eigenvalue weighted by molar-refractivity contribution is 0.0944. The third-order valence-corrected chi connectivity index (χ3v) is 3.85. The van der Waals surface area contributed by atoms with Crippen LogP contribution in [0.2, 0.25) is 0 Å². The van der Waals surface area contributed by atoms with Gasteiger partial charge in [0.25, 0.3) is 5.91 Å². The molecule has 0 fully saturated rings. The van der Waals surface area contributed by atoms with Crippen LogP contribution in [-0.2, 0) is 11.3 Å². The first-order valence-corrected chi connectivity index (χ1v) is 6.58. The lowest BCUT2D eigenvalue weighted by Crippen LogP contribution is -2.26. The number of nitrogens with one attached hydrogen (secondary N) is 1. The molecule has 0 saturated heterocycles. The second-order valence-corrected chi connectivity index (χ2v) is 4.99. The van der Waals surface area contributed by atoms with Crippen molar-refractivity contribution in [1.29, 1.82) is 0 Å². The van der Waals surface area contributed by atoms with Crippen molar-refractivity contribution < 1.29 is 19.0 Å². The number of rotatable bonds is 5. The van der Waals surface area contributed by atoms with E-state index < -0.39 is 0 Å². The van der Waals surface area contributed by atoms with Crippen LogP contribution in [-0.4, -0.2) is 31.3 Å². The van der Waals surface area contributed by atoms with Crippen molar-refractivity contribution in [2.24, 2.45) is 0 Å². The SMILES string of the molecule is COCc1c(C(=O)NCCO)sc2cccc(F)c12. The number of thiophene rings is 1. The van der Waals surface area contributed by atoms with Gasteiger partial charge < -0.3 is 15.2 Å². The summed E-state index contributed by atoms with van der Waals surface area (Å²) in [6.07, 6.45) is 0. The zero-order chi connectivity index (χ0) is 13.8. The fourth-order valence-corrected chi connectivity index (χ4v) is 3.02. The number of carbonyl (C=O) groups is 1. The summed E-state index contributed by atoms with van der Waals surface area (Å²) in [5.74, 6) is -0.677. The van der Waals surface area contributed by atoms with Gasteiger partial charge in [0, 0.05) is 29.3 Å². The van der Waals surface area contributed by atoms with Crippen LogP contribution in [0.25, 0.3) is 10.1 Å². The average Bonchev–Trinajstić information content (AvgIpc) is 2.77. The van der Waals surface area contributed by atoms with Gasteiger partial charge in [-0.3, -0.25) is 4.79 Å². The predicted molar refractivity (Wildman–Crippen MR) is 71.9 cm³/mol. The molecule has 2 rings (SSSR count). The highest BCUT2D eigenvalue weighted by molar-refractivity contribution is 7.21. The van der Waals surface area contributed by atoms with E-state index in [1.165, 1.54) is 24.5 Å². The van der Waals surface area contributed by atoms with Crippen molar-refractivity contribution in [2.75, 3.05) is 20.3 Å². The molecular formula is C13H14FNO3S. The van der Waals surface area contributed by atoms with E-state index in [1.807, 2.05) is 0 Å². The maximum Gasteiger partial charge on any atom is 0.261 e. The standard InChI is InChI=1S/C13H14FNO3S/c1-18-7-8-11-9(14)3-2-4-10(11)19-12(8)13(17)15-5-6-16/h2-4,16H,5-7H2,1H3,(H,15,17). The minimum Gasteiger partial charge on any atom is -0.395 e. The van der Waals surface area contributed by atoms with Crippen molar-refractivity contribution in [3.8, 4) is 0 Å². The Morgan fingerprint density at radius 3 is 3.00 bits per heavy atom. The lowest BCUT2D eigenvalue weighted by Gasteiger charge is -2.04. The van der Waals surface area contributed by atoms with Gasteiger partial charge in [-0.25, -0.2) is 4.39 Å². The molecule has 0 saturated carbocycles. The van der Waals surface area contributed by atoms with Gasteiger partial charge in [-0.05, 0) is 12.1 Å². The van der Waals surface area contributed by atoms with E-state index in [-0.39, 0.29) is 31.5 Å². The molecule has 102 valence electrons. The molecule has 0 atom stereocenters. The van der Waals surface area contributed by atoms with Crippen molar-refractivity contribution in [3.05, 3.63) is 34.5 Å². The third-order valence-electron chi connectivity index (χ3n) is 2.66. The van der Waals surface area contributed by atoms with Gasteiger partial charge in [-0.2, -0.15) is 0 Å². The summed E-state index contributed by atoms with van der Waals surface area (Å²) < 4.78 is 19.6. The summed E-state index contributed by atoms with van der Waals surface area (Å²) in [4.78, 5) is 12.4. The van der Waals surface area contributed by atoms with E-state index in [0.717, 1.165) is 0 Å². The van der Waals surface area contributed by atoms with Crippen LogP contribution in [0.3, 0.4) is 0 Å². The monoisotopic (exact) mass is 283 g/mol. The summed E-state index contributed by atoms with van der Waals surface area (Å²) in [5, 5.41) is 11.7. The van der Waals surface area contributed by atoms with Crippen molar-refractivity contribution in [1.82, 2.24) is 5.32 Å². The van der Waals surface area contributed by atoms with Crippen LogP contribution in [0.5, 0.6) is 0 Å².